The number of fused-ring (bicyclic) bond motifs is 1. The average Bonchev–Trinajstić information content (AvgIpc) is 2.70. The van der Waals surface area contributed by atoms with Crippen molar-refractivity contribution < 1.29 is 9.53 Å². The Hall–Kier alpha value is -2.11. The molecule has 0 saturated carbocycles. The minimum Gasteiger partial charge on any atom is -0.468 e. The first-order chi connectivity index (χ1) is 7.22. The second-order valence-electron chi connectivity index (χ2n) is 2.97. The predicted octanol–water partition coefficient (Wildman–Crippen LogP) is -0.331. The van der Waals surface area contributed by atoms with Gasteiger partial charge < -0.3 is 9.30 Å². The molecule has 2 aromatic rings. The highest BCUT2D eigenvalue weighted by molar-refractivity contribution is 5.69. The third-order valence-electron chi connectivity index (χ3n) is 2.07. The van der Waals surface area contributed by atoms with Gasteiger partial charge in [-0.3, -0.25) is 9.59 Å². The van der Waals surface area contributed by atoms with Crippen molar-refractivity contribution >= 4 is 11.5 Å². The Morgan fingerprint density at radius 2 is 2.33 bits per heavy atom. The lowest BCUT2D eigenvalue weighted by Gasteiger charge is -2.03. The minimum atomic E-state index is -0.457. The van der Waals surface area contributed by atoms with Crippen molar-refractivity contribution in [3.05, 3.63) is 35.0 Å². The van der Waals surface area contributed by atoms with Gasteiger partial charge in [-0.15, -0.1) is 0 Å². The molecule has 0 amide bonds. The maximum atomic E-state index is 11.7. The van der Waals surface area contributed by atoms with Gasteiger partial charge in [-0.05, 0) is 6.07 Å². The van der Waals surface area contributed by atoms with E-state index in [2.05, 4.69) is 9.84 Å². The van der Waals surface area contributed by atoms with E-state index in [1.165, 1.54) is 28.6 Å². The molecule has 78 valence electrons. The van der Waals surface area contributed by atoms with Crippen LogP contribution in [0.15, 0.2) is 29.5 Å². The fourth-order valence-corrected chi connectivity index (χ4v) is 1.29. The SMILES string of the molecule is COC(=O)Cn1ccn2nccc2c1=O. The van der Waals surface area contributed by atoms with E-state index in [0.29, 0.717) is 5.52 Å². The Balaban J connectivity index is 2.48. The van der Waals surface area contributed by atoms with Crippen LogP contribution in [0.2, 0.25) is 0 Å². The molecule has 0 bridgehead atoms. The molecule has 0 saturated heterocycles. The summed E-state index contributed by atoms with van der Waals surface area (Å²) in [5.74, 6) is -0.457. The number of carbonyl (C=O) groups is 1. The van der Waals surface area contributed by atoms with Crippen molar-refractivity contribution in [2.75, 3.05) is 7.11 Å². The molecule has 2 rings (SSSR count). The van der Waals surface area contributed by atoms with Crippen molar-refractivity contribution in [2.24, 2.45) is 0 Å². The number of nitrogens with zero attached hydrogens (tertiary/aromatic N) is 3. The summed E-state index contributed by atoms with van der Waals surface area (Å²) in [4.78, 5) is 22.7. The van der Waals surface area contributed by atoms with Gasteiger partial charge in [0.05, 0.1) is 13.3 Å². The summed E-state index contributed by atoms with van der Waals surface area (Å²) in [5, 5.41) is 3.91. The molecule has 0 atom stereocenters. The van der Waals surface area contributed by atoms with Crippen LogP contribution in [0.25, 0.3) is 5.52 Å². The first kappa shape index (κ1) is 9.45. The predicted molar refractivity (Wildman–Crippen MR) is 51.5 cm³/mol. The molecule has 0 aromatic carbocycles. The number of methoxy groups -OCH3 is 1. The molecule has 6 nitrogen and oxygen atoms in total. The topological polar surface area (TPSA) is 65.6 Å². The molecule has 0 aliphatic rings. The molecular formula is C9H9N3O3. The number of esters is 1. The van der Waals surface area contributed by atoms with Gasteiger partial charge in [0, 0.05) is 12.4 Å². The maximum absolute atomic E-state index is 11.7. The van der Waals surface area contributed by atoms with E-state index in [-0.39, 0.29) is 12.1 Å². The fraction of sp³-hybridized carbons (Fsp3) is 0.222. The Bertz CT molecular complexity index is 555. The van der Waals surface area contributed by atoms with Gasteiger partial charge in [-0.25, -0.2) is 4.52 Å². The lowest BCUT2D eigenvalue weighted by atomic mass is 10.5. The Kier molecular flexibility index (Phi) is 2.24. The zero-order chi connectivity index (χ0) is 10.8. The lowest BCUT2D eigenvalue weighted by molar-refractivity contribution is -0.141. The average molecular weight is 207 g/mol. The molecular weight excluding hydrogens is 198 g/mol. The van der Waals surface area contributed by atoms with Crippen LogP contribution in [0, 0.1) is 0 Å². The van der Waals surface area contributed by atoms with Gasteiger partial charge in [0.2, 0.25) is 0 Å². The van der Waals surface area contributed by atoms with Gasteiger partial charge in [0.15, 0.2) is 0 Å². The van der Waals surface area contributed by atoms with E-state index in [4.69, 9.17) is 0 Å². The molecule has 0 spiro atoms. The second kappa shape index (κ2) is 3.56. The fourth-order valence-electron chi connectivity index (χ4n) is 1.29. The normalized spacial score (nSPS) is 10.5. The van der Waals surface area contributed by atoms with Gasteiger partial charge in [0.25, 0.3) is 5.56 Å². The summed E-state index contributed by atoms with van der Waals surface area (Å²) < 4.78 is 7.22. The summed E-state index contributed by atoms with van der Waals surface area (Å²) in [6.45, 7) is -0.0863. The van der Waals surface area contributed by atoms with Crippen molar-refractivity contribution in [1.29, 1.82) is 0 Å². The molecule has 15 heavy (non-hydrogen) atoms. The summed E-state index contributed by atoms with van der Waals surface area (Å²) in [7, 11) is 1.28. The van der Waals surface area contributed by atoms with E-state index >= 15 is 0 Å². The second-order valence-corrected chi connectivity index (χ2v) is 2.97. The number of hydrogen-bond acceptors (Lipinski definition) is 4. The Labute approximate surface area is 84.7 Å². The molecule has 0 aliphatic heterocycles. The number of rotatable bonds is 2. The summed E-state index contributed by atoms with van der Waals surface area (Å²) in [6, 6.07) is 1.59. The number of ether oxygens (including phenoxy) is 1. The first-order valence-electron chi connectivity index (χ1n) is 4.32. The quantitative estimate of drug-likeness (QED) is 0.632. The van der Waals surface area contributed by atoms with Gasteiger partial charge in [-0.1, -0.05) is 0 Å². The highest BCUT2D eigenvalue weighted by atomic mass is 16.5. The van der Waals surface area contributed by atoms with Crippen LogP contribution < -0.4 is 5.56 Å². The third kappa shape index (κ3) is 1.61. The Morgan fingerprint density at radius 1 is 1.53 bits per heavy atom. The van der Waals surface area contributed by atoms with E-state index in [9.17, 15) is 9.59 Å². The zero-order valence-electron chi connectivity index (χ0n) is 8.08. The van der Waals surface area contributed by atoms with Gasteiger partial charge in [-0.2, -0.15) is 5.10 Å². The number of hydrogen-bond donors (Lipinski definition) is 0. The highest BCUT2D eigenvalue weighted by Crippen LogP contribution is 1.94. The largest absolute Gasteiger partial charge is 0.468 e. The summed E-state index contributed by atoms with van der Waals surface area (Å²) in [6.07, 6.45) is 4.64. The standard InChI is InChI=1S/C9H9N3O3/c1-15-8(13)6-11-4-5-12-7(9(11)14)2-3-10-12/h2-5H,6H2,1H3. The third-order valence-corrected chi connectivity index (χ3v) is 2.07. The lowest BCUT2D eigenvalue weighted by Crippen LogP contribution is -2.25. The highest BCUT2D eigenvalue weighted by Gasteiger charge is 2.06. The summed E-state index contributed by atoms with van der Waals surface area (Å²) in [5.41, 5.74) is 0.168. The van der Waals surface area contributed by atoms with Crippen molar-refractivity contribution in [3.63, 3.8) is 0 Å². The van der Waals surface area contributed by atoms with Crippen LogP contribution in [0.4, 0.5) is 0 Å². The van der Waals surface area contributed by atoms with Gasteiger partial charge >= 0.3 is 5.97 Å². The van der Waals surface area contributed by atoms with Crippen LogP contribution in [0.1, 0.15) is 0 Å². The van der Waals surface area contributed by atoms with Crippen LogP contribution in [0.5, 0.6) is 0 Å². The molecule has 0 fully saturated rings. The van der Waals surface area contributed by atoms with Crippen LogP contribution >= 0.6 is 0 Å². The molecule has 2 heterocycles. The van der Waals surface area contributed by atoms with Crippen LogP contribution in [-0.2, 0) is 16.1 Å². The molecule has 2 aromatic heterocycles. The number of carbonyl (C=O) groups excluding carboxylic acids is 1. The minimum absolute atomic E-state index is 0.0863. The van der Waals surface area contributed by atoms with Gasteiger partial charge in [0.1, 0.15) is 12.1 Å². The maximum Gasteiger partial charge on any atom is 0.325 e. The molecule has 0 radical (unpaired) electrons. The van der Waals surface area contributed by atoms with Crippen molar-refractivity contribution in [2.45, 2.75) is 6.54 Å². The summed E-state index contributed by atoms with van der Waals surface area (Å²) >= 11 is 0. The zero-order valence-corrected chi connectivity index (χ0v) is 8.08. The van der Waals surface area contributed by atoms with Crippen LogP contribution in [-0.4, -0.2) is 27.3 Å². The van der Waals surface area contributed by atoms with E-state index < -0.39 is 5.97 Å². The molecule has 0 aliphatic carbocycles. The first-order valence-corrected chi connectivity index (χ1v) is 4.32. The molecule has 6 heteroatoms. The van der Waals surface area contributed by atoms with Crippen molar-refractivity contribution in [1.82, 2.24) is 14.2 Å². The van der Waals surface area contributed by atoms with E-state index in [0.717, 1.165) is 0 Å². The smallest absolute Gasteiger partial charge is 0.325 e. The Morgan fingerprint density at radius 3 is 3.07 bits per heavy atom. The molecule has 0 N–H and O–H groups in total. The molecule has 0 unspecified atom stereocenters. The van der Waals surface area contributed by atoms with Crippen molar-refractivity contribution in [3.8, 4) is 0 Å². The van der Waals surface area contributed by atoms with Crippen LogP contribution in [0.3, 0.4) is 0 Å². The van der Waals surface area contributed by atoms with E-state index in [1.807, 2.05) is 0 Å². The van der Waals surface area contributed by atoms with E-state index in [1.54, 1.807) is 12.3 Å². The number of aromatic nitrogens is 3. The monoisotopic (exact) mass is 207 g/mol.